The van der Waals surface area contributed by atoms with Crippen molar-refractivity contribution in [1.82, 2.24) is 10.2 Å². The highest BCUT2D eigenvalue weighted by atomic mass is 16.2. The van der Waals surface area contributed by atoms with Gasteiger partial charge in [0, 0.05) is 31.6 Å². The van der Waals surface area contributed by atoms with Gasteiger partial charge in [-0.1, -0.05) is 43.7 Å². The second kappa shape index (κ2) is 9.61. The highest BCUT2D eigenvalue weighted by Crippen LogP contribution is 2.28. The van der Waals surface area contributed by atoms with Crippen molar-refractivity contribution in [3.63, 3.8) is 0 Å². The number of nitrogens with two attached hydrogens (primary N) is 1. The second-order valence-corrected chi connectivity index (χ2v) is 9.06. The van der Waals surface area contributed by atoms with E-state index in [1.165, 1.54) is 32.1 Å². The van der Waals surface area contributed by atoms with Crippen LogP contribution in [0.5, 0.6) is 0 Å². The van der Waals surface area contributed by atoms with Crippen LogP contribution in [0.25, 0.3) is 0 Å². The van der Waals surface area contributed by atoms with Crippen LogP contribution in [0.1, 0.15) is 72.0 Å². The van der Waals surface area contributed by atoms with Gasteiger partial charge in [0.15, 0.2) is 0 Å². The molecule has 1 aromatic carbocycles. The molecule has 30 heavy (non-hydrogen) atoms. The lowest BCUT2D eigenvalue weighted by atomic mass is 9.86. The number of nitrogens with one attached hydrogen (secondary N) is 1. The van der Waals surface area contributed by atoms with E-state index in [0.717, 1.165) is 23.1 Å². The highest BCUT2D eigenvalue weighted by Gasteiger charge is 2.40. The van der Waals surface area contributed by atoms with Gasteiger partial charge in [0.1, 0.15) is 5.54 Å². The van der Waals surface area contributed by atoms with Gasteiger partial charge < -0.3 is 11.1 Å². The molecule has 1 heterocycles. The number of carbonyl (C=O) groups is 2. The standard InChI is InChI=1S/C24H33N4O2/c1-17-12-18(2)21(20(13-17)23(26)30)14-28-11-10-24(15-25,16-28)27-22(29)9-8-19-6-4-3-5-7-19/h9,12-13,19H,3-8,10-11,14,16H2,1-2H3,(H2,26,30)(H,27,29). The Labute approximate surface area is 179 Å². The summed E-state index contributed by atoms with van der Waals surface area (Å²) in [5.41, 5.74) is 8.16. The molecule has 2 amide bonds. The summed E-state index contributed by atoms with van der Waals surface area (Å²) in [6.45, 7) is 5.58. The number of aryl methyl sites for hydroxylation is 2. The van der Waals surface area contributed by atoms with Crippen molar-refractivity contribution in [3.8, 4) is 6.07 Å². The minimum Gasteiger partial charge on any atom is -0.366 e. The van der Waals surface area contributed by atoms with E-state index in [9.17, 15) is 14.9 Å². The first-order valence-corrected chi connectivity index (χ1v) is 11.0. The summed E-state index contributed by atoms with van der Waals surface area (Å²) < 4.78 is 0. The van der Waals surface area contributed by atoms with E-state index in [-0.39, 0.29) is 5.91 Å². The van der Waals surface area contributed by atoms with Gasteiger partial charge in [-0.3, -0.25) is 14.5 Å². The minimum atomic E-state index is -0.883. The third-order valence-electron chi connectivity index (χ3n) is 6.55. The summed E-state index contributed by atoms with van der Waals surface area (Å²) in [7, 11) is 0. The number of nitriles is 1. The molecule has 3 N–H and O–H groups in total. The van der Waals surface area contributed by atoms with Crippen molar-refractivity contribution in [2.45, 2.75) is 70.9 Å². The second-order valence-electron chi connectivity index (χ2n) is 9.06. The van der Waals surface area contributed by atoms with E-state index in [1.807, 2.05) is 26.0 Å². The highest BCUT2D eigenvalue weighted by molar-refractivity contribution is 5.95. The Morgan fingerprint density at radius 1 is 1.30 bits per heavy atom. The van der Waals surface area contributed by atoms with E-state index in [1.54, 1.807) is 6.42 Å². The SMILES string of the molecule is Cc1cc(C)c(CN2CCC(C#N)(NC(=O)[CH]CC3CCCCC3)C2)c(C(N)=O)c1. The maximum atomic E-state index is 12.5. The molecule has 1 saturated carbocycles. The van der Waals surface area contributed by atoms with Crippen LogP contribution >= 0.6 is 0 Å². The average Bonchev–Trinajstić information content (AvgIpc) is 3.12. The van der Waals surface area contributed by atoms with Gasteiger partial charge in [0.2, 0.25) is 11.8 Å². The molecule has 1 aliphatic carbocycles. The Morgan fingerprint density at radius 3 is 2.70 bits per heavy atom. The van der Waals surface area contributed by atoms with Crippen molar-refractivity contribution >= 4 is 11.8 Å². The largest absolute Gasteiger partial charge is 0.366 e. The first-order valence-electron chi connectivity index (χ1n) is 11.0. The van der Waals surface area contributed by atoms with Crippen molar-refractivity contribution in [2.24, 2.45) is 11.7 Å². The Bertz CT molecular complexity index is 838. The van der Waals surface area contributed by atoms with Gasteiger partial charge in [0.05, 0.1) is 6.07 Å². The number of rotatable bonds is 7. The number of amides is 2. The topological polar surface area (TPSA) is 99.2 Å². The lowest BCUT2D eigenvalue weighted by Gasteiger charge is -2.25. The fraction of sp³-hybridized carbons (Fsp3) is 0.583. The van der Waals surface area contributed by atoms with Crippen molar-refractivity contribution in [2.75, 3.05) is 13.1 Å². The zero-order chi connectivity index (χ0) is 21.7. The van der Waals surface area contributed by atoms with Gasteiger partial charge in [-0.05, 0) is 49.8 Å². The molecule has 2 aliphatic rings. The molecule has 1 unspecified atom stereocenters. The zero-order valence-electron chi connectivity index (χ0n) is 18.2. The van der Waals surface area contributed by atoms with Gasteiger partial charge in [0.25, 0.3) is 0 Å². The van der Waals surface area contributed by atoms with Crippen LogP contribution in [0.2, 0.25) is 0 Å². The van der Waals surface area contributed by atoms with Gasteiger partial charge in [-0.25, -0.2) is 0 Å². The van der Waals surface area contributed by atoms with Crippen LogP contribution in [0.4, 0.5) is 0 Å². The molecule has 0 spiro atoms. The molecule has 1 aromatic rings. The monoisotopic (exact) mass is 409 g/mol. The molecule has 1 saturated heterocycles. The van der Waals surface area contributed by atoms with Crippen LogP contribution in [-0.4, -0.2) is 35.3 Å². The first kappa shape index (κ1) is 22.3. The molecule has 0 aromatic heterocycles. The number of primary amides is 1. The third kappa shape index (κ3) is 5.40. The van der Waals surface area contributed by atoms with Gasteiger partial charge in [-0.2, -0.15) is 5.26 Å². The van der Waals surface area contributed by atoms with Crippen molar-refractivity contribution < 1.29 is 9.59 Å². The lowest BCUT2D eigenvalue weighted by Crippen LogP contribution is -2.49. The molecule has 0 bridgehead atoms. The summed E-state index contributed by atoms with van der Waals surface area (Å²) in [6, 6.07) is 6.20. The molecular formula is C24H33N4O2. The molecule has 6 nitrogen and oxygen atoms in total. The smallest absolute Gasteiger partial charge is 0.249 e. The summed E-state index contributed by atoms with van der Waals surface area (Å²) in [5, 5.41) is 12.8. The van der Waals surface area contributed by atoms with Crippen molar-refractivity contribution in [1.29, 1.82) is 5.26 Å². The summed E-state index contributed by atoms with van der Waals surface area (Å²) in [6.07, 6.45) is 9.29. The van der Waals surface area contributed by atoms with E-state index in [0.29, 0.717) is 37.5 Å². The number of hydrogen-bond acceptors (Lipinski definition) is 4. The quantitative estimate of drug-likeness (QED) is 0.722. The normalized spacial score (nSPS) is 22.6. The number of likely N-dealkylation sites (tertiary alicyclic amines) is 1. The maximum Gasteiger partial charge on any atom is 0.249 e. The molecule has 6 heteroatoms. The van der Waals surface area contributed by atoms with Gasteiger partial charge in [-0.15, -0.1) is 0 Å². The van der Waals surface area contributed by atoms with Crippen LogP contribution < -0.4 is 11.1 Å². The van der Waals surface area contributed by atoms with E-state index in [4.69, 9.17) is 5.73 Å². The molecular weight excluding hydrogens is 376 g/mol. The summed E-state index contributed by atoms with van der Waals surface area (Å²) >= 11 is 0. The Balaban J connectivity index is 1.60. The Morgan fingerprint density at radius 2 is 2.03 bits per heavy atom. The summed E-state index contributed by atoms with van der Waals surface area (Å²) in [4.78, 5) is 26.5. The van der Waals surface area contributed by atoms with Crippen molar-refractivity contribution in [3.05, 3.63) is 40.8 Å². The number of nitrogens with zero attached hydrogens (tertiary/aromatic N) is 2. The number of carbonyl (C=O) groups excluding carboxylic acids is 2. The van der Waals surface area contributed by atoms with Crippen LogP contribution in [-0.2, 0) is 11.3 Å². The molecule has 2 fully saturated rings. The van der Waals surface area contributed by atoms with Crippen LogP contribution in [0.15, 0.2) is 12.1 Å². The van der Waals surface area contributed by atoms with Crippen LogP contribution in [0, 0.1) is 37.5 Å². The molecule has 3 rings (SSSR count). The number of benzene rings is 1. The van der Waals surface area contributed by atoms with Crippen LogP contribution in [0.3, 0.4) is 0 Å². The fourth-order valence-corrected chi connectivity index (χ4v) is 4.88. The fourth-order valence-electron chi connectivity index (χ4n) is 4.88. The predicted octanol–water partition coefficient (Wildman–Crippen LogP) is 3.16. The zero-order valence-corrected chi connectivity index (χ0v) is 18.2. The third-order valence-corrected chi connectivity index (χ3v) is 6.55. The Hall–Kier alpha value is -2.39. The lowest BCUT2D eigenvalue weighted by molar-refractivity contribution is -0.119. The first-order chi connectivity index (χ1) is 14.3. The van der Waals surface area contributed by atoms with E-state index < -0.39 is 11.4 Å². The molecule has 1 radical (unpaired) electrons. The Kier molecular flexibility index (Phi) is 7.14. The average molecular weight is 410 g/mol. The maximum absolute atomic E-state index is 12.5. The van der Waals surface area contributed by atoms with E-state index >= 15 is 0 Å². The van der Waals surface area contributed by atoms with Gasteiger partial charge >= 0.3 is 0 Å². The summed E-state index contributed by atoms with van der Waals surface area (Å²) in [5.74, 6) is 0.0146. The molecule has 1 atom stereocenters. The minimum absolute atomic E-state index is 0.145. The molecule has 1 aliphatic heterocycles. The van der Waals surface area contributed by atoms with E-state index in [2.05, 4.69) is 16.3 Å². The predicted molar refractivity (Wildman–Crippen MR) is 116 cm³/mol. The number of hydrogen-bond donors (Lipinski definition) is 2. The molecule has 161 valence electrons.